The molecule has 4 nitrogen and oxygen atoms in total. The average molecular weight is 281 g/mol. The van der Waals surface area contributed by atoms with E-state index in [9.17, 15) is 8.78 Å². The molecule has 0 radical (unpaired) electrons. The van der Waals surface area contributed by atoms with Crippen molar-refractivity contribution >= 4 is 17.0 Å². The Morgan fingerprint density at radius 3 is 2.80 bits per heavy atom. The van der Waals surface area contributed by atoms with E-state index in [0.717, 1.165) is 18.9 Å². The fourth-order valence-electron chi connectivity index (χ4n) is 2.77. The molecule has 0 bridgehead atoms. The van der Waals surface area contributed by atoms with Gasteiger partial charge >= 0.3 is 0 Å². The number of nitrogens with two attached hydrogens (primary N) is 1. The van der Waals surface area contributed by atoms with Gasteiger partial charge in [0.2, 0.25) is 5.95 Å². The highest BCUT2D eigenvalue weighted by Gasteiger charge is 2.17. The lowest BCUT2D eigenvalue weighted by atomic mass is 10.3. The number of aromatic nitrogens is 2. The molecule has 0 unspecified atom stereocenters. The first-order chi connectivity index (χ1) is 9.65. The van der Waals surface area contributed by atoms with Gasteiger partial charge in [0.15, 0.2) is 5.82 Å². The van der Waals surface area contributed by atoms with Crippen LogP contribution in [-0.4, -0.2) is 22.3 Å². The van der Waals surface area contributed by atoms with Crippen molar-refractivity contribution in [3.63, 3.8) is 0 Å². The molecule has 1 aromatic heterocycles. The van der Waals surface area contributed by atoms with Crippen LogP contribution in [0.25, 0.3) is 11.0 Å². The molecule has 1 fully saturated rings. The molecule has 0 amide bonds. The van der Waals surface area contributed by atoms with Crippen molar-refractivity contribution in [3.05, 3.63) is 23.8 Å². The van der Waals surface area contributed by atoms with Gasteiger partial charge in [-0.25, -0.2) is 13.8 Å². The number of hydrogen-bond acceptors (Lipinski definition) is 3. The van der Waals surface area contributed by atoms with Crippen molar-refractivity contribution < 1.29 is 13.5 Å². The van der Waals surface area contributed by atoms with Gasteiger partial charge in [-0.1, -0.05) is 12.8 Å². The molecule has 1 aromatic carbocycles. The minimum absolute atomic E-state index is 0.102. The van der Waals surface area contributed by atoms with Crippen LogP contribution in [-0.2, 0) is 11.3 Å². The summed E-state index contributed by atoms with van der Waals surface area (Å²) in [6.45, 7) is 0.917. The molecule has 2 aromatic rings. The molecule has 1 aliphatic carbocycles. The molecule has 0 saturated heterocycles. The first kappa shape index (κ1) is 13.3. The molecule has 0 spiro atoms. The molecular weight excluding hydrogens is 264 g/mol. The molecule has 1 saturated carbocycles. The summed E-state index contributed by atoms with van der Waals surface area (Å²) in [7, 11) is 0. The SMILES string of the molecule is Nc1nc2c(F)cc(F)cc2n1CCOC1CCCC1. The summed E-state index contributed by atoms with van der Waals surface area (Å²) in [4.78, 5) is 3.95. The van der Waals surface area contributed by atoms with Crippen LogP contribution in [0, 0.1) is 11.6 Å². The summed E-state index contributed by atoms with van der Waals surface area (Å²) in [6, 6.07) is 2.06. The van der Waals surface area contributed by atoms with Gasteiger partial charge in [0.05, 0.1) is 18.2 Å². The van der Waals surface area contributed by atoms with Crippen LogP contribution >= 0.6 is 0 Å². The second kappa shape index (κ2) is 5.36. The first-order valence-corrected chi connectivity index (χ1v) is 6.87. The van der Waals surface area contributed by atoms with Crippen molar-refractivity contribution in [2.75, 3.05) is 12.3 Å². The minimum atomic E-state index is -0.692. The van der Waals surface area contributed by atoms with E-state index in [1.165, 1.54) is 18.9 Å². The third-order valence-corrected chi connectivity index (χ3v) is 3.77. The zero-order valence-corrected chi connectivity index (χ0v) is 11.1. The molecule has 0 aliphatic heterocycles. The minimum Gasteiger partial charge on any atom is -0.376 e. The van der Waals surface area contributed by atoms with E-state index in [1.54, 1.807) is 4.57 Å². The van der Waals surface area contributed by atoms with E-state index in [1.807, 2.05) is 0 Å². The van der Waals surface area contributed by atoms with Crippen molar-refractivity contribution in [1.29, 1.82) is 0 Å². The fourth-order valence-corrected chi connectivity index (χ4v) is 2.77. The number of nitrogens with zero attached hydrogens (tertiary/aromatic N) is 2. The molecular formula is C14H17F2N3O. The summed E-state index contributed by atoms with van der Waals surface area (Å²) in [5, 5.41) is 0. The van der Waals surface area contributed by atoms with Crippen molar-refractivity contribution in [2.45, 2.75) is 38.3 Å². The Hall–Kier alpha value is -1.69. The maximum atomic E-state index is 13.6. The standard InChI is InChI=1S/C14H17F2N3O/c15-9-7-11(16)13-12(8-9)19(14(17)18-13)5-6-20-10-3-1-2-4-10/h7-8,10H,1-6H2,(H2,17,18). The summed E-state index contributed by atoms with van der Waals surface area (Å²) < 4.78 is 34.2. The fraction of sp³-hybridized carbons (Fsp3) is 0.500. The molecule has 6 heteroatoms. The zero-order valence-electron chi connectivity index (χ0n) is 11.1. The zero-order chi connectivity index (χ0) is 14.1. The Morgan fingerprint density at radius 1 is 1.30 bits per heavy atom. The van der Waals surface area contributed by atoms with Crippen LogP contribution in [0.5, 0.6) is 0 Å². The average Bonchev–Trinajstić information content (AvgIpc) is 3.00. The number of hydrogen-bond donors (Lipinski definition) is 1. The highest BCUT2D eigenvalue weighted by atomic mass is 19.1. The predicted molar refractivity (Wildman–Crippen MR) is 72.3 cm³/mol. The lowest BCUT2D eigenvalue weighted by Gasteiger charge is -2.12. The lowest BCUT2D eigenvalue weighted by Crippen LogP contribution is -2.14. The van der Waals surface area contributed by atoms with E-state index in [2.05, 4.69) is 4.98 Å². The number of nitrogen functional groups attached to an aromatic ring is 1. The number of fused-ring (bicyclic) bond motifs is 1. The van der Waals surface area contributed by atoms with Crippen molar-refractivity contribution in [3.8, 4) is 0 Å². The van der Waals surface area contributed by atoms with Gasteiger partial charge in [0.25, 0.3) is 0 Å². The van der Waals surface area contributed by atoms with E-state index >= 15 is 0 Å². The Morgan fingerprint density at radius 2 is 2.05 bits per heavy atom. The highest BCUT2D eigenvalue weighted by molar-refractivity contribution is 5.79. The van der Waals surface area contributed by atoms with Crippen LogP contribution in [0.2, 0.25) is 0 Å². The monoisotopic (exact) mass is 281 g/mol. The molecule has 108 valence electrons. The second-order valence-corrected chi connectivity index (χ2v) is 5.15. The third-order valence-electron chi connectivity index (χ3n) is 3.77. The normalized spacial score (nSPS) is 16.3. The quantitative estimate of drug-likeness (QED) is 0.937. The largest absolute Gasteiger partial charge is 0.376 e. The number of anilines is 1. The Balaban J connectivity index is 1.78. The number of benzene rings is 1. The van der Waals surface area contributed by atoms with Crippen LogP contribution in [0.15, 0.2) is 12.1 Å². The first-order valence-electron chi connectivity index (χ1n) is 6.87. The van der Waals surface area contributed by atoms with E-state index in [0.29, 0.717) is 24.8 Å². The van der Waals surface area contributed by atoms with Crippen LogP contribution < -0.4 is 5.73 Å². The van der Waals surface area contributed by atoms with Gasteiger partial charge in [-0.15, -0.1) is 0 Å². The number of halogens is 2. The molecule has 20 heavy (non-hydrogen) atoms. The maximum absolute atomic E-state index is 13.6. The topological polar surface area (TPSA) is 53.1 Å². The van der Waals surface area contributed by atoms with Crippen molar-refractivity contribution in [2.24, 2.45) is 0 Å². The Kier molecular flexibility index (Phi) is 3.56. The Bertz CT molecular complexity index is 620. The number of ether oxygens (including phenoxy) is 1. The molecule has 1 aliphatic rings. The molecule has 1 heterocycles. The molecule has 3 rings (SSSR count). The summed E-state index contributed by atoms with van der Waals surface area (Å²) in [5.41, 5.74) is 6.25. The third kappa shape index (κ3) is 2.47. The summed E-state index contributed by atoms with van der Waals surface area (Å²) in [6.07, 6.45) is 4.89. The van der Waals surface area contributed by atoms with Gasteiger partial charge in [-0.2, -0.15) is 0 Å². The van der Waals surface area contributed by atoms with Gasteiger partial charge in [0, 0.05) is 18.7 Å². The maximum Gasteiger partial charge on any atom is 0.201 e. The van der Waals surface area contributed by atoms with Crippen LogP contribution in [0.1, 0.15) is 25.7 Å². The van der Waals surface area contributed by atoms with Gasteiger partial charge in [-0.05, 0) is 12.8 Å². The molecule has 0 atom stereocenters. The van der Waals surface area contributed by atoms with Crippen LogP contribution in [0.3, 0.4) is 0 Å². The van der Waals surface area contributed by atoms with Crippen molar-refractivity contribution in [1.82, 2.24) is 9.55 Å². The lowest BCUT2D eigenvalue weighted by molar-refractivity contribution is 0.0537. The van der Waals surface area contributed by atoms with E-state index in [-0.39, 0.29) is 11.5 Å². The van der Waals surface area contributed by atoms with Gasteiger partial charge in [0.1, 0.15) is 11.3 Å². The van der Waals surface area contributed by atoms with Gasteiger partial charge in [-0.3, -0.25) is 0 Å². The van der Waals surface area contributed by atoms with E-state index in [4.69, 9.17) is 10.5 Å². The highest BCUT2D eigenvalue weighted by Crippen LogP contribution is 2.23. The molecule has 2 N–H and O–H groups in total. The number of rotatable bonds is 4. The summed E-state index contributed by atoms with van der Waals surface area (Å²) in [5.74, 6) is -1.14. The van der Waals surface area contributed by atoms with Crippen LogP contribution in [0.4, 0.5) is 14.7 Å². The smallest absolute Gasteiger partial charge is 0.201 e. The van der Waals surface area contributed by atoms with Gasteiger partial charge < -0.3 is 15.0 Å². The Labute approximate surface area is 115 Å². The van der Waals surface area contributed by atoms with E-state index < -0.39 is 11.6 Å². The second-order valence-electron chi connectivity index (χ2n) is 5.15. The summed E-state index contributed by atoms with van der Waals surface area (Å²) >= 11 is 0. The number of imidazole rings is 1. The predicted octanol–water partition coefficient (Wildman–Crippen LogP) is 2.86.